The molecule has 2 heterocycles. The van der Waals surface area contributed by atoms with E-state index >= 15 is 0 Å². The molecule has 0 aliphatic heterocycles. The summed E-state index contributed by atoms with van der Waals surface area (Å²) in [4.78, 5) is 19.4. The summed E-state index contributed by atoms with van der Waals surface area (Å²) in [5.74, 6) is 0.722. The molecule has 2 saturated carbocycles. The van der Waals surface area contributed by atoms with Crippen LogP contribution in [-0.4, -0.2) is 34.2 Å². The SMILES string of the molecule is CCCCCCCCCCNC(C)(C)c1nccs1.O=C(O)c1ccc(C2CC2)c(OCC2CC2)n1. The third-order valence-electron chi connectivity index (χ3n) is 6.84. The van der Waals surface area contributed by atoms with Gasteiger partial charge in [-0.1, -0.05) is 57.9 Å². The lowest BCUT2D eigenvalue weighted by molar-refractivity contribution is 0.0689. The number of rotatable bonds is 16. The molecule has 7 heteroatoms. The molecular weight excluding hydrogens is 470 g/mol. The summed E-state index contributed by atoms with van der Waals surface area (Å²) in [5.41, 5.74) is 1.17. The number of ether oxygens (including phenoxy) is 1. The molecule has 200 valence electrons. The molecule has 36 heavy (non-hydrogen) atoms. The van der Waals surface area contributed by atoms with Gasteiger partial charge in [-0.3, -0.25) is 0 Å². The number of carboxylic acids is 1. The Labute approximate surface area is 221 Å². The topological polar surface area (TPSA) is 84.3 Å². The Bertz CT molecular complexity index is 908. The van der Waals surface area contributed by atoms with Crippen molar-refractivity contribution in [2.45, 2.75) is 109 Å². The highest BCUT2D eigenvalue weighted by Crippen LogP contribution is 2.44. The number of hydrogen-bond donors (Lipinski definition) is 2. The molecule has 0 atom stereocenters. The molecule has 2 N–H and O–H groups in total. The minimum atomic E-state index is -0.997. The fourth-order valence-electron chi connectivity index (χ4n) is 4.14. The first kappa shape index (κ1) is 28.6. The lowest BCUT2D eigenvalue weighted by atomic mass is 10.1. The van der Waals surface area contributed by atoms with Crippen molar-refractivity contribution >= 4 is 17.3 Å². The highest BCUT2D eigenvalue weighted by atomic mass is 32.1. The van der Waals surface area contributed by atoms with E-state index in [0.717, 1.165) is 24.9 Å². The Hall–Kier alpha value is -1.99. The largest absolute Gasteiger partial charge is 0.477 e. The zero-order valence-electron chi connectivity index (χ0n) is 22.4. The fraction of sp³-hybridized carbons (Fsp3) is 0.690. The molecule has 0 amide bonds. The zero-order chi connectivity index (χ0) is 25.8. The number of nitrogens with zero attached hydrogens (tertiary/aromatic N) is 2. The van der Waals surface area contributed by atoms with Crippen molar-refractivity contribution in [3.8, 4) is 5.88 Å². The molecule has 0 spiro atoms. The minimum Gasteiger partial charge on any atom is -0.477 e. The molecule has 0 unspecified atom stereocenters. The van der Waals surface area contributed by atoms with Gasteiger partial charge in [0.2, 0.25) is 5.88 Å². The van der Waals surface area contributed by atoms with Crippen molar-refractivity contribution in [3.05, 3.63) is 40.0 Å². The summed E-state index contributed by atoms with van der Waals surface area (Å²) >= 11 is 1.74. The minimum absolute atomic E-state index is 0.0231. The van der Waals surface area contributed by atoms with Gasteiger partial charge in [0.05, 0.1) is 12.1 Å². The average Bonchev–Trinajstić information content (AvgIpc) is 3.80. The predicted molar refractivity (Wildman–Crippen MR) is 147 cm³/mol. The van der Waals surface area contributed by atoms with Gasteiger partial charge in [0.1, 0.15) is 5.01 Å². The van der Waals surface area contributed by atoms with Crippen LogP contribution in [0, 0.1) is 5.92 Å². The lowest BCUT2D eigenvalue weighted by Gasteiger charge is -2.23. The summed E-state index contributed by atoms with van der Waals surface area (Å²) in [6.07, 6.45) is 17.7. The molecule has 2 aromatic rings. The molecule has 0 bridgehead atoms. The molecule has 6 nitrogen and oxygen atoms in total. The van der Waals surface area contributed by atoms with E-state index in [1.165, 1.54) is 69.2 Å². The number of nitrogens with one attached hydrogen (secondary N) is 1. The van der Waals surface area contributed by atoms with Crippen LogP contribution in [0.5, 0.6) is 5.88 Å². The zero-order valence-corrected chi connectivity index (χ0v) is 23.2. The van der Waals surface area contributed by atoms with Gasteiger partial charge >= 0.3 is 5.97 Å². The molecule has 2 aromatic heterocycles. The first-order valence-electron chi connectivity index (χ1n) is 13.9. The standard InChI is InChI=1S/C16H30N2S.C13H15NO3/c1-4-5-6-7-8-9-10-11-12-18-16(2,3)15-17-13-14-19-15;15-13(16)11-6-5-10(9-3-4-9)12(14-11)17-7-8-1-2-8/h13-14,18H,4-12H2,1-3H3;5-6,8-9H,1-4,7H2,(H,15,16). The van der Waals surface area contributed by atoms with E-state index in [-0.39, 0.29) is 11.2 Å². The third-order valence-corrected chi connectivity index (χ3v) is 7.94. The summed E-state index contributed by atoms with van der Waals surface area (Å²) in [6, 6.07) is 3.43. The average molecular weight is 516 g/mol. The van der Waals surface area contributed by atoms with E-state index in [1.54, 1.807) is 17.4 Å². The highest BCUT2D eigenvalue weighted by Gasteiger charge is 2.29. The van der Waals surface area contributed by atoms with Crippen molar-refractivity contribution in [1.82, 2.24) is 15.3 Å². The molecule has 2 aliphatic rings. The quantitative estimate of drug-likeness (QED) is 0.224. The van der Waals surface area contributed by atoms with Gasteiger partial charge in [0.15, 0.2) is 5.69 Å². The number of hydrogen-bond acceptors (Lipinski definition) is 6. The summed E-state index contributed by atoms with van der Waals surface area (Å²) in [7, 11) is 0. The first-order chi connectivity index (χ1) is 17.4. The first-order valence-corrected chi connectivity index (χ1v) is 14.8. The summed E-state index contributed by atoms with van der Waals surface area (Å²) in [6.45, 7) is 8.49. The van der Waals surface area contributed by atoms with E-state index < -0.39 is 5.97 Å². The number of carbonyl (C=O) groups is 1. The smallest absolute Gasteiger partial charge is 0.354 e. The van der Waals surface area contributed by atoms with Crippen LogP contribution >= 0.6 is 11.3 Å². The number of unbranched alkanes of at least 4 members (excludes halogenated alkanes) is 7. The van der Waals surface area contributed by atoms with Gasteiger partial charge in [-0.05, 0) is 70.4 Å². The van der Waals surface area contributed by atoms with Gasteiger partial charge < -0.3 is 15.2 Å². The fourth-order valence-corrected chi connectivity index (χ4v) is 4.88. The van der Waals surface area contributed by atoms with E-state index in [1.807, 2.05) is 12.3 Å². The Balaban J connectivity index is 0.000000201. The van der Waals surface area contributed by atoms with Gasteiger partial charge in [0.25, 0.3) is 0 Å². The summed E-state index contributed by atoms with van der Waals surface area (Å²) in [5, 5.41) is 15.8. The maximum atomic E-state index is 10.9. The van der Waals surface area contributed by atoms with Crippen LogP contribution in [0.15, 0.2) is 23.7 Å². The normalized spacial score (nSPS) is 15.3. The Morgan fingerprint density at radius 1 is 1.08 bits per heavy atom. The van der Waals surface area contributed by atoms with Crippen LogP contribution in [0.25, 0.3) is 0 Å². The molecule has 0 radical (unpaired) electrons. The molecule has 2 aliphatic carbocycles. The summed E-state index contributed by atoms with van der Waals surface area (Å²) < 4.78 is 5.68. The van der Waals surface area contributed by atoms with Crippen molar-refractivity contribution in [1.29, 1.82) is 0 Å². The predicted octanol–water partition coefficient (Wildman–Crippen LogP) is 7.55. The van der Waals surface area contributed by atoms with Crippen molar-refractivity contribution in [2.75, 3.05) is 13.2 Å². The maximum absolute atomic E-state index is 10.9. The number of pyridine rings is 1. The Morgan fingerprint density at radius 3 is 2.36 bits per heavy atom. The van der Waals surface area contributed by atoms with Crippen molar-refractivity contribution in [3.63, 3.8) is 0 Å². The van der Waals surface area contributed by atoms with E-state index in [9.17, 15) is 4.79 Å². The molecular formula is C29H45N3O3S. The van der Waals surface area contributed by atoms with Gasteiger partial charge in [0, 0.05) is 17.1 Å². The third kappa shape index (κ3) is 10.2. The van der Waals surface area contributed by atoms with Crippen molar-refractivity contribution in [2.24, 2.45) is 5.92 Å². The second kappa shape index (κ2) is 14.7. The number of aromatic nitrogens is 2. The molecule has 4 rings (SSSR count). The number of thiazole rings is 1. The number of carboxylic acid groups (broad SMARTS) is 1. The van der Waals surface area contributed by atoms with E-state index in [4.69, 9.17) is 9.84 Å². The van der Waals surface area contributed by atoms with Crippen LogP contribution in [0.1, 0.15) is 125 Å². The van der Waals surface area contributed by atoms with E-state index in [0.29, 0.717) is 24.3 Å². The molecule has 2 fully saturated rings. The molecule has 0 aromatic carbocycles. The van der Waals surface area contributed by atoms with Gasteiger partial charge in [-0.15, -0.1) is 11.3 Å². The van der Waals surface area contributed by atoms with E-state index in [2.05, 4.69) is 41.4 Å². The number of aromatic carboxylic acids is 1. The Kier molecular flexibility index (Phi) is 11.6. The van der Waals surface area contributed by atoms with Crippen LogP contribution in [0.4, 0.5) is 0 Å². The monoisotopic (exact) mass is 515 g/mol. The second-order valence-corrected chi connectivity index (χ2v) is 11.7. The maximum Gasteiger partial charge on any atom is 0.354 e. The Morgan fingerprint density at radius 2 is 1.78 bits per heavy atom. The van der Waals surface area contributed by atoms with Crippen LogP contribution in [0.2, 0.25) is 0 Å². The van der Waals surface area contributed by atoms with Crippen LogP contribution < -0.4 is 10.1 Å². The van der Waals surface area contributed by atoms with Gasteiger partial charge in [-0.2, -0.15) is 0 Å². The van der Waals surface area contributed by atoms with Gasteiger partial charge in [-0.25, -0.2) is 14.8 Å². The highest BCUT2D eigenvalue weighted by molar-refractivity contribution is 7.09. The van der Waals surface area contributed by atoms with Crippen molar-refractivity contribution < 1.29 is 14.6 Å². The lowest BCUT2D eigenvalue weighted by Crippen LogP contribution is -2.37. The molecule has 0 saturated heterocycles. The van der Waals surface area contributed by atoms with Crippen LogP contribution in [-0.2, 0) is 5.54 Å². The second-order valence-electron chi connectivity index (χ2n) is 10.8. The van der Waals surface area contributed by atoms with Crippen LogP contribution in [0.3, 0.4) is 0 Å².